The summed E-state index contributed by atoms with van der Waals surface area (Å²) >= 11 is 0. The topological polar surface area (TPSA) is 48.7 Å². The molecule has 1 aromatic heterocycles. The van der Waals surface area contributed by atoms with Crippen molar-refractivity contribution in [2.75, 3.05) is 5.32 Å². The van der Waals surface area contributed by atoms with Gasteiger partial charge in [-0.05, 0) is 12.1 Å². The lowest BCUT2D eigenvalue weighted by Gasteiger charge is -2.17. The lowest BCUT2D eigenvalue weighted by atomic mass is 9.92. The van der Waals surface area contributed by atoms with Gasteiger partial charge in [0.25, 0.3) is 0 Å². The molecule has 0 radical (unpaired) electrons. The molecule has 1 heterocycles. The number of pyridine rings is 1. The Morgan fingerprint density at radius 1 is 1.38 bits per heavy atom. The predicted octanol–water partition coefficient (Wildman–Crippen LogP) is 2.27. The Morgan fingerprint density at radius 2 is 2.08 bits per heavy atom. The summed E-state index contributed by atoms with van der Waals surface area (Å²) in [5.41, 5.74) is 1.00. The molecule has 0 bridgehead atoms. The lowest BCUT2D eigenvalue weighted by Crippen LogP contribution is -2.13. The molecule has 0 atom stereocenters. The van der Waals surface area contributed by atoms with E-state index in [1.54, 1.807) is 6.07 Å². The van der Waals surface area contributed by atoms with E-state index in [1.165, 1.54) is 0 Å². The van der Waals surface area contributed by atoms with Crippen molar-refractivity contribution in [3.8, 4) is 6.19 Å². The summed E-state index contributed by atoms with van der Waals surface area (Å²) in [6.07, 6.45) is 1.85. The van der Waals surface area contributed by atoms with Crippen LogP contribution in [0.5, 0.6) is 0 Å². The number of aromatic nitrogens is 1. The molecule has 3 nitrogen and oxygen atoms in total. The maximum atomic E-state index is 8.41. The quantitative estimate of drug-likeness (QED) is 0.526. The van der Waals surface area contributed by atoms with Gasteiger partial charge < -0.3 is 0 Å². The Hall–Kier alpha value is -1.56. The van der Waals surface area contributed by atoms with Crippen molar-refractivity contribution in [2.45, 2.75) is 26.2 Å². The molecule has 0 aliphatic carbocycles. The van der Waals surface area contributed by atoms with Crippen molar-refractivity contribution in [1.29, 1.82) is 5.26 Å². The van der Waals surface area contributed by atoms with E-state index in [0.29, 0.717) is 5.82 Å². The first-order chi connectivity index (χ1) is 6.04. The van der Waals surface area contributed by atoms with Crippen LogP contribution in [-0.4, -0.2) is 4.98 Å². The minimum atomic E-state index is 0.0210. The first kappa shape index (κ1) is 9.53. The molecule has 1 N–H and O–H groups in total. The molecule has 0 unspecified atom stereocenters. The van der Waals surface area contributed by atoms with Crippen LogP contribution in [0.15, 0.2) is 18.2 Å². The number of rotatable bonds is 1. The average Bonchev–Trinajstić information content (AvgIpc) is 2.04. The largest absolute Gasteiger partial charge is 0.277 e. The summed E-state index contributed by atoms with van der Waals surface area (Å²) in [5, 5.41) is 10.9. The third-order valence-electron chi connectivity index (χ3n) is 1.70. The molecule has 1 aromatic rings. The number of nitrogens with one attached hydrogen (secondary N) is 1. The zero-order valence-corrected chi connectivity index (χ0v) is 8.13. The number of nitrogens with zero attached hydrogens (tertiary/aromatic N) is 2. The van der Waals surface area contributed by atoms with E-state index in [2.05, 4.69) is 31.1 Å². The molecule has 0 fully saturated rings. The molecule has 3 heteroatoms. The number of hydrogen-bond acceptors (Lipinski definition) is 3. The van der Waals surface area contributed by atoms with E-state index in [9.17, 15) is 0 Å². The maximum absolute atomic E-state index is 8.41. The highest BCUT2D eigenvalue weighted by Crippen LogP contribution is 2.20. The highest BCUT2D eigenvalue weighted by Gasteiger charge is 2.14. The fraction of sp³-hybridized carbons (Fsp3) is 0.400. The van der Waals surface area contributed by atoms with Gasteiger partial charge in [-0.15, -0.1) is 0 Å². The fourth-order valence-corrected chi connectivity index (χ4v) is 0.979. The molecular weight excluding hydrogens is 162 g/mol. The van der Waals surface area contributed by atoms with Crippen molar-refractivity contribution >= 4 is 5.82 Å². The van der Waals surface area contributed by atoms with Gasteiger partial charge in [-0.3, -0.25) is 5.32 Å². The summed E-state index contributed by atoms with van der Waals surface area (Å²) in [6.45, 7) is 6.27. The minimum Gasteiger partial charge on any atom is -0.277 e. The van der Waals surface area contributed by atoms with E-state index in [4.69, 9.17) is 5.26 Å². The number of hydrogen-bond donors (Lipinski definition) is 1. The van der Waals surface area contributed by atoms with Gasteiger partial charge in [0.1, 0.15) is 5.82 Å². The van der Waals surface area contributed by atoms with Crippen LogP contribution in [0.2, 0.25) is 0 Å². The van der Waals surface area contributed by atoms with E-state index >= 15 is 0 Å². The summed E-state index contributed by atoms with van der Waals surface area (Å²) in [6, 6.07) is 5.63. The van der Waals surface area contributed by atoms with Crippen molar-refractivity contribution in [1.82, 2.24) is 4.98 Å². The second-order valence-corrected chi connectivity index (χ2v) is 3.89. The number of nitriles is 1. The number of anilines is 1. The molecule has 0 saturated carbocycles. The summed E-state index contributed by atoms with van der Waals surface area (Å²) in [4.78, 5) is 4.30. The smallest absolute Gasteiger partial charge is 0.182 e. The lowest BCUT2D eigenvalue weighted by molar-refractivity contribution is 0.570. The Labute approximate surface area is 78.4 Å². The Kier molecular flexibility index (Phi) is 2.52. The Bertz CT molecular complexity index is 331. The minimum absolute atomic E-state index is 0.0210. The molecule has 0 aromatic carbocycles. The van der Waals surface area contributed by atoms with Gasteiger partial charge in [-0.1, -0.05) is 26.8 Å². The average molecular weight is 175 g/mol. The van der Waals surface area contributed by atoms with Crippen molar-refractivity contribution in [3.63, 3.8) is 0 Å². The summed E-state index contributed by atoms with van der Waals surface area (Å²) < 4.78 is 0. The van der Waals surface area contributed by atoms with Crippen LogP contribution in [0.3, 0.4) is 0 Å². The third-order valence-corrected chi connectivity index (χ3v) is 1.70. The van der Waals surface area contributed by atoms with Crippen molar-refractivity contribution in [2.24, 2.45) is 0 Å². The second-order valence-electron chi connectivity index (χ2n) is 3.89. The molecule has 0 spiro atoms. The van der Waals surface area contributed by atoms with Gasteiger partial charge in [-0.2, -0.15) is 5.26 Å². The van der Waals surface area contributed by atoms with Crippen LogP contribution in [0.1, 0.15) is 26.5 Å². The van der Waals surface area contributed by atoms with Crippen LogP contribution >= 0.6 is 0 Å². The van der Waals surface area contributed by atoms with E-state index < -0.39 is 0 Å². The molecule has 0 saturated heterocycles. The maximum Gasteiger partial charge on any atom is 0.182 e. The third kappa shape index (κ3) is 2.45. The zero-order valence-electron chi connectivity index (χ0n) is 8.13. The van der Waals surface area contributed by atoms with Crippen LogP contribution in [0.4, 0.5) is 5.82 Å². The monoisotopic (exact) mass is 175 g/mol. The van der Waals surface area contributed by atoms with E-state index in [-0.39, 0.29) is 5.41 Å². The van der Waals surface area contributed by atoms with Gasteiger partial charge in [0, 0.05) is 11.1 Å². The molecule has 0 amide bonds. The van der Waals surface area contributed by atoms with E-state index in [1.807, 2.05) is 18.3 Å². The molecule has 0 aliphatic rings. The second kappa shape index (κ2) is 3.44. The van der Waals surface area contributed by atoms with Gasteiger partial charge in [-0.25, -0.2) is 4.98 Å². The zero-order chi connectivity index (χ0) is 9.90. The van der Waals surface area contributed by atoms with Gasteiger partial charge in [0.05, 0.1) is 0 Å². The van der Waals surface area contributed by atoms with Crippen molar-refractivity contribution in [3.05, 3.63) is 23.9 Å². The van der Waals surface area contributed by atoms with Crippen LogP contribution < -0.4 is 5.32 Å². The van der Waals surface area contributed by atoms with Crippen LogP contribution in [0.25, 0.3) is 0 Å². The molecule has 0 aliphatic heterocycles. The first-order valence-corrected chi connectivity index (χ1v) is 4.16. The summed E-state index contributed by atoms with van der Waals surface area (Å²) in [7, 11) is 0. The van der Waals surface area contributed by atoms with Gasteiger partial charge >= 0.3 is 0 Å². The van der Waals surface area contributed by atoms with Gasteiger partial charge in [0.2, 0.25) is 0 Å². The molecular formula is C10H13N3. The SMILES string of the molecule is CC(C)(C)c1cccc(NC#N)n1. The predicted molar refractivity (Wildman–Crippen MR) is 52.2 cm³/mol. The Morgan fingerprint density at radius 3 is 2.62 bits per heavy atom. The van der Waals surface area contributed by atoms with Crippen molar-refractivity contribution < 1.29 is 0 Å². The molecule has 1 rings (SSSR count). The van der Waals surface area contributed by atoms with Crippen LogP contribution in [0, 0.1) is 11.5 Å². The van der Waals surface area contributed by atoms with Gasteiger partial charge in [0.15, 0.2) is 6.19 Å². The molecule has 13 heavy (non-hydrogen) atoms. The van der Waals surface area contributed by atoms with Crippen LogP contribution in [-0.2, 0) is 5.41 Å². The van der Waals surface area contributed by atoms with E-state index in [0.717, 1.165) is 5.69 Å². The standard InChI is InChI=1S/C10H13N3/c1-10(2,3)8-5-4-6-9(13-8)12-7-11/h4-6H,1-3H3,(H,12,13). The molecule has 68 valence electrons. The highest BCUT2D eigenvalue weighted by atomic mass is 15.0. The summed E-state index contributed by atoms with van der Waals surface area (Å²) in [5.74, 6) is 0.606. The fourth-order valence-electron chi connectivity index (χ4n) is 0.979. The first-order valence-electron chi connectivity index (χ1n) is 4.16. The highest BCUT2D eigenvalue weighted by molar-refractivity contribution is 5.40. The normalized spacial score (nSPS) is 10.6. The Balaban J connectivity index is 3.00.